The minimum atomic E-state index is -0.246. The van der Waals surface area contributed by atoms with Crippen LogP contribution in [0.15, 0.2) is 51.4 Å². The van der Waals surface area contributed by atoms with Gasteiger partial charge < -0.3 is 0 Å². The summed E-state index contributed by atoms with van der Waals surface area (Å²) in [6.45, 7) is 0. The molecule has 0 aromatic heterocycles. The molecular formula is C13H8Br3F. The van der Waals surface area contributed by atoms with Gasteiger partial charge in [-0.15, -0.1) is 0 Å². The van der Waals surface area contributed by atoms with Crippen molar-refractivity contribution in [2.45, 2.75) is 4.83 Å². The normalized spacial score (nSPS) is 12.5. The molecule has 2 rings (SSSR count). The molecule has 2 aromatic rings. The van der Waals surface area contributed by atoms with E-state index in [9.17, 15) is 4.39 Å². The van der Waals surface area contributed by atoms with Crippen LogP contribution >= 0.6 is 47.8 Å². The van der Waals surface area contributed by atoms with Gasteiger partial charge in [-0.3, -0.25) is 0 Å². The third kappa shape index (κ3) is 3.18. The van der Waals surface area contributed by atoms with Crippen LogP contribution in [0.25, 0.3) is 0 Å². The topological polar surface area (TPSA) is 0 Å². The molecule has 4 heteroatoms. The van der Waals surface area contributed by atoms with Crippen LogP contribution in [0.2, 0.25) is 0 Å². The van der Waals surface area contributed by atoms with Crippen molar-refractivity contribution in [1.29, 1.82) is 0 Å². The molecule has 2 aromatic carbocycles. The summed E-state index contributed by atoms with van der Waals surface area (Å²) in [5.74, 6) is -0.246. The summed E-state index contributed by atoms with van der Waals surface area (Å²) in [6.07, 6.45) is 0. The first kappa shape index (κ1) is 13.2. The number of rotatable bonds is 2. The van der Waals surface area contributed by atoms with Gasteiger partial charge in [-0.1, -0.05) is 50.1 Å². The Morgan fingerprint density at radius 2 is 1.47 bits per heavy atom. The highest BCUT2D eigenvalue weighted by Crippen LogP contribution is 2.33. The summed E-state index contributed by atoms with van der Waals surface area (Å²) in [4.78, 5) is 0.0625. The zero-order valence-corrected chi connectivity index (χ0v) is 13.4. The number of hydrogen-bond acceptors (Lipinski definition) is 0. The Bertz CT molecular complexity index is 523. The van der Waals surface area contributed by atoms with Crippen molar-refractivity contribution in [3.8, 4) is 0 Å². The molecule has 0 amide bonds. The predicted octanol–water partition coefficient (Wildman–Crippen LogP) is 5.84. The highest BCUT2D eigenvalue weighted by Gasteiger charge is 2.11. The summed E-state index contributed by atoms with van der Waals surface area (Å²) in [7, 11) is 0. The molecule has 0 heterocycles. The van der Waals surface area contributed by atoms with E-state index in [1.165, 1.54) is 6.07 Å². The molecule has 0 aliphatic carbocycles. The fourth-order valence-corrected chi connectivity index (χ4v) is 2.75. The zero-order chi connectivity index (χ0) is 12.4. The second-order valence-corrected chi connectivity index (χ2v) is 6.27. The molecule has 88 valence electrons. The van der Waals surface area contributed by atoms with Crippen molar-refractivity contribution in [1.82, 2.24) is 0 Å². The number of hydrogen-bond donors (Lipinski definition) is 0. The van der Waals surface area contributed by atoms with Gasteiger partial charge in [0.1, 0.15) is 5.82 Å². The molecule has 0 nitrogen and oxygen atoms in total. The SMILES string of the molecule is Fc1ccc(C(Br)c2ccc(Br)cc2)cc1Br. The van der Waals surface area contributed by atoms with Gasteiger partial charge >= 0.3 is 0 Å². The third-order valence-electron chi connectivity index (χ3n) is 2.40. The van der Waals surface area contributed by atoms with Gasteiger partial charge in [0.15, 0.2) is 0 Å². The largest absolute Gasteiger partial charge is 0.206 e. The average Bonchev–Trinajstić information content (AvgIpc) is 2.33. The summed E-state index contributed by atoms with van der Waals surface area (Å²) >= 11 is 10.2. The van der Waals surface area contributed by atoms with E-state index in [2.05, 4.69) is 47.8 Å². The van der Waals surface area contributed by atoms with Crippen molar-refractivity contribution in [2.24, 2.45) is 0 Å². The lowest BCUT2D eigenvalue weighted by Gasteiger charge is -2.11. The van der Waals surface area contributed by atoms with E-state index in [1.807, 2.05) is 24.3 Å². The van der Waals surface area contributed by atoms with Crippen LogP contribution in [0.3, 0.4) is 0 Å². The Kier molecular flexibility index (Phi) is 4.39. The molecule has 1 unspecified atom stereocenters. The maximum absolute atomic E-state index is 13.1. The number of alkyl halides is 1. The monoisotopic (exact) mass is 420 g/mol. The van der Waals surface area contributed by atoms with E-state index < -0.39 is 0 Å². The molecule has 0 radical (unpaired) electrons. The summed E-state index contributed by atoms with van der Waals surface area (Å²) in [5, 5.41) is 0. The van der Waals surface area contributed by atoms with Crippen LogP contribution in [0.5, 0.6) is 0 Å². The lowest BCUT2D eigenvalue weighted by Crippen LogP contribution is -1.93. The van der Waals surface area contributed by atoms with E-state index in [4.69, 9.17) is 0 Å². The predicted molar refractivity (Wildman–Crippen MR) is 79.0 cm³/mol. The molecule has 0 N–H and O–H groups in total. The minimum Gasteiger partial charge on any atom is -0.206 e. The fraction of sp³-hybridized carbons (Fsp3) is 0.0769. The Labute approximate surface area is 125 Å². The molecule has 0 aliphatic heterocycles. The van der Waals surface area contributed by atoms with E-state index in [0.717, 1.165) is 15.6 Å². The Morgan fingerprint density at radius 3 is 2.06 bits per heavy atom. The van der Waals surface area contributed by atoms with Crippen LogP contribution in [0.1, 0.15) is 16.0 Å². The van der Waals surface area contributed by atoms with Crippen LogP contribution in [-0.2, 0) is 0 Å². The van der Waals surface area contributed by atoms with Crippen LogP contribution in [0, 0.1) is 5.82 Å². The molecular weight excluding hydrogens is 415 g/mol. The maximum Gasteiger partial charge on any atom is 0.137 e. The van der Waals surface area contributed by atoms with E-state index in [-0.39, 0.29) is 10.6 Å². The van der Waals surface area contributed by atoms with E-state index in [1.54, 1.807) is 12.1 Å². The van der Waals surface area contributed by atoms with Gasteiger partial charge in [0.05, 0.1) is 9.30 Å². The van der Waals surface area contributed by atoms with Crippen LogP contribution in [0.4, 0.5) is 4.39 Å². The van der Waals surface area contributed by atoms with Gasteiger partial charge in [0.25, 0.3) is 0 Å². The Hall–Kier alpha value is -0.190. The smallest absolute Gasteiger partial charge is 0.137 e. The molecule has 0 aliphatic rings. The minimum absolute atomic E-state index is 0.0625. The van der Waals surface area contributed by atoms with Crippen molar-refractivity contribution < 1.29 is 4.39 Å². The Morgan fingerprint density at radius 1 is 0.882 bits per heavy atom. The van der Waals surface area contributed by atoms with Crippen molar-refractivity contribution >= 4 is 47.8 Å². The van der Waals surface area contributed by atoms with Gasteiger partial charge in [-0.05, 0) is 51.3 Å². The lowest BCUT2D eigenvalue weighted by atomic mass is 10.1. The lowest BCUT2D eigenvalue weighted by molar-refractivity contribution is 0.620. The molecule has 0 spiro atoms. The van der Waals surface area contributed by atoms with Gasteiger partial charge in [0, 0.05) is 4.47 Å². The average molecular weight is 423 g/mol. The molecule has 0 saturated heterocycles. The third-order valence-corrected chi connectivity index (χ3v) is 4.59. The molecule has 0 saturated carbocycles. The van der Waals surface area contributed by atoms with Gasteiger partial charge in [-0.25, -0.2) is 4.39 Å². The molecule has 0 bridgehead atoms. The highest BCUT2D eigenvalue weighted by atomic mass is 79.9. The second-order valence-electron chi connectivity index (χ2n) is 3.59. The summed E-state index contributed by atoms with van der Waals surface area (Å²) < 4.78 is 14.7. The first-order chi connectivity index (χ1) is 8.08. The van der Waals surface area contributed by atoms with Crippen molar-refractivity contribution in [3.63, 3.8) is 0 Å². The zero-order valence-electron chi connectivity index (χ0n) is 8.63. The maximum atomic E-state index is 13.1. The van der Waals surface area contributed by atoms with Gasteiger partial charge in [-0.2, -0.15) is 0 Å². The molecule has 17 heavy (non-hydrogen) atoms. The first-order valence-electron chi connectivity index (χ1n) is 4.92. The molecule has 1 atom stereocenters. The summed E-state index contributed by atoms with van der Waals surface area (Å²) in [6, 6.07) is 13.1. The quantitative estimate of drug-likeness (QED) is 0.534. The van der Waals surface area contributed by atoms with E-state index >= 15 is 0 Å². The summed E-state index contributed by atoms with van der Waals surface area (Å²) in [5.41, 5.74) is 2.15. The molecule has 0 fully saturated rings. The highest BCUT2D eigenvalue weighted by molar-refractivity contribution is 9.10. The number of benzene rings is 2. The van der Waals surface area contributed by atoms with Crippen LogP contribution in [-0.4, -0.2) is 0 Å². The van der Waals surface area contributed by atoms with E-state index in [0.29, 0.717) is 4.47 Å². The standard InChI is InChI=1S/C13H8Br3F/c14-10-4-1-8(2-5-10)13(16)9-3-6-12(17)11(15)7-9/h1-7,13H. The fourth-order valence-electron chi connectivity index (χ4n) is 1.49. The van der Waals surface area contributed by atoms with Gasteiger partial charge in [0.2, 0.25) is 0 Å². The van der Waals surface area contributed by atoms with Crippen molar-refractivity contribution in [2.75, 3.05) is 0 Å². The number of halogens is 4. The van der Waals surface area contributed by atoms with Crippen molar-refractivity contribution in [3.05, 3.63) is 68.4 Å². The first-order valence-corrected chi connectivity index (χ1v) is 7.42. The second kappa shape index (κ2) is 5.63. The Balaban J connectivity index is 2.33. The van der Waals surface area contributed by atoms with Crippen LogP contribution < -0.4 is 0 Å².